The molecular formula is C25H22O5. The summed E-state index contributed by atoms with van der Waals surface area (Å²) in [5, 5.41) is 11.6. The zero-order chi connectivity index (χ0) is 21.5. The SMILES string of the molecule is COc1cc(C=CC(=O)CC(=O)C=Cc2c(OC)ccc3ccccc23)ccc1O. The first-order valence-corrected chi connectivity index (χ1v) is 9.36. The second kappa shape index (κ2) is 9.56. The number of phenolic OH excluding ortho intramolecular Hbond substituents is 1. The minimum absolute atomic E-state index is 0.0187. The number of carbonyl (C=O) groups excluding carboxylic acids is 2. The molecule has 0 aromatic heterocycles. The summed E-state index contributed by atoms with van der Waals surface area (Å²) in [7, 11) is 3.03. The van der Waals surface area contributed by atoms with Crippen LogP contribution in [0.4, 0.5) is 0 Å². The Morgan fingerprint density at radius 3 is 2.30 bits per heavy atom. The predicted octanol–water partition coefficient (Wildman–Crippen LogP) is 4.82. The lowest BCUT2D eigenvalue weighted by atomic mass is 10.0. The summed E-state index contributed by atoms with van der Waals surface area (Å²) >= 11 is 0. The Hall–Kier alpha value is -3.86. The van der Waals surface area contributed by atoms with Crippen molar-refractivity contribution < 1.29 is 24.2 Å². The number of rotatable bonds is 8. The Morgan fingerprint density at radius 1 is 0.867 bits per heavy atom. The molecule has 0 saturated carbocycles. The summed E-state index contributed by atoms with van der Waals surface area (Å²) in [5.74, 6) is 0.368. The Balaban J connectivity index is 1.70. The molecule has 3 rings (SSSR count). The van der Waals surface area contributed by atoms with Crippen LogP contribution in [0.15, 0.2) is 66.7 Å². The molecule has 0 spiro atoms. The largest absolute Gasteiger partial charge is 0.504 e. The highest BCUT2D eigenvalue weighted by Crippen LogP contribution is 2.29. The topological polar surface area (TPSA) is 72.8 Å². The van der Waals surface area contributed by atoms with Gasteiger partial charge >= 0.3 is 0 Å². The highest BCUT2D eigenvalue weighted by Gasteiger charge is 2.08. The molecule has 1 N–H and O–H groups in total. The van der Waals surface area contributed by atoms with Gasteiger partial charge in [-0.3, -0.25) is 9.59 Å². The molecule has 0 unspecified atom stereocenters. The van der Waals surface area contributed by atoms with Crippen molar-refractivity contribution in [1.29, 1.82) is 0 Å². The number of methoxy groups -OCH3 is 2. The molecule has 3 aromatic rings. The van der Waals surface area contributed by atoms with Gasteiger partial charge in [0.2, 0.25) is 0 Å². The highest BCUT2D eigenvalue weighted by molar-refractivity contribution is 6.11. The molecule has 0 radical (unpaired) electrons. The summed E-state index contributed by atoms with van der Waals surface area (Å²) in [4.78, 5) is 24.4. The number of benzene rings is 3. The summed E-state index contributed by atoms with van der Waals surface area (Å²) in [5.41, 5.74) is 1.48. The van der Waals surface area contributed by atoms with Crippen molar-refractivity contribution in [3.8, 4) is 17.2 Å². The van der Waals surface area contributed by atoms with E-state index in [-0.39, 0.29) is 23.7 Å². The van der Waals surface area contributed by atoms with Gasteiger partial charge in [0.15, 0.2) is 23.1 Å². The van der Waals surface area contributed by atoms with Gasteiger partial charge in [0, 0.05) is 5.56 Å². The first-order chi connectivity index (χ1) is 14.5. The maximum absolute atomic E-state index is 12.3. The number of aromatic hydroxyl groups is 1. The molecule has 3 aromatic carbocycles. The van der Waals surface area contributed by atoms with Crippen LogP contribution in [-0.2, 0) is 9.59 Å². The fraction of sp³-hybridized carbons (Fsp3) is 0.120. The molecule has 30 heavy (non-hydrogen) atoms. The molecule has 5 nitrogen and oxygen atoms in total. The molecule has 0 aliphatic rings. The van der Waals surface area contributed by atoms with Crippen molar-refractivity contribution in [2.45, 2.75) is 6.42 Å². The number of carbonyl (C=O) groups is 2. The molecule has 0 saturated heterocycles. The van der Waals surface area contributed by atoms with Crippen molar-refractivity contribution in [2.75, 3.05) is 14.2 Å². The van der Waals surface area contributed by atoms with E-state index in [0.29, 0.717) is 17.1 Å². The summed E-state index contributed by atoms with van der Waals surface area (Å²) in [6.45, 7) is 0. The smallest absolute Gasteiger partial charge is 0.163 e. The number of phenols is 1. The van der Waals surface area contributed by atoms with E-state index >= 15 is 0 Å². The van der Waals surface area contributed by atoms with Crippen molar-refractivity contribution in [3.63, 3.8) is 0 Å². The molecule has 0 aliphatic carbocycles. The van der Waals surface area contributed by atoms with E-state index in [1.807, 2.05) is 36.4 Å². The van der Waals surface area contributed by atoms with Crippen molar-refractivity contribution in [3.05, 3.63) is 77.9 Å². The van der Waals surface area contributed by atoms with Crippen LogP contribution in [0.1, 0.15) is 17.5 Å². The maximum Gasteiger partial charge on any atom is 0.163 e. The van der Waals surface area contributed by atoms with Gasteiger partial charge in [0.25, 0.3) is 0 Å². The van der Waals surface area contributed by atoms with E-state index in [9.17, 15) is 14.7 Å². The number of fused-ring (bicyclic) bond motifs is 1. The molecule has 5 heteroatoms. The Morgan fingerprint density at radius 2 is 1.57 bits per heavy atom. The fourth-order valence-electron chi connectivity index (χ4n) is 3.08. The monoisotopic (exact) mass is 402 g/mol. The van der Waals surface area contributed by atoms with E-state index in [2.05, 4.69) is 0 Å². The average Bonchev–Trinajstić information content (AvgIpc) is 2.76. The Labute approximate surface area is 174 Å². The maximum atomic E-state index is 12.3. The molecule has 0 heterocycles. The number of ether oxygens (including phenoxy) is 2. The van der Waals surface area contributed by atoms with Crippen molar-refractivity contribution in [2.24, 2.45) is 0 Å². The van der Waals surface area contributed by atoms with Crippen LogP contribution in [0.25, 0.3) is 22.9 Å². The van der Waals surface area contributed by atoms with Crippen LogP contribution in [0.3, 0.4) is 0 Å². The summed E-state index contributed by atoms with van der Waals surface area (Å²) < 4.78 is 10.5. The Kier molecular flexibility index (Phi) is 6.65. The van der Waals surface area contributed by atoms with Crippen LogP contribution < -0.4 is 9.47 Å². The van der Waals surface area contributed by atoms with E-state index in [1.54, 1.807) is 31.4 Å². The lowest BCUT2D eigenvalue weighted by Crippen LogP contribution is -2.02. The van der Waals surface area contributed by atoms with Gasteiger partial charge in [-0.1, -0.05) is 42.5 Å². The number of allylic oxidation sites excluding steroid dienone is 2. The zero-order valence-electron chi connectivity index (χ0n) is 16.8. The van der Waals surface area contributed by atoms with Gasteiger partial charge in [-0.05, 0) is 52.8 Å². The second-order valence-electron chi connectivity index (χ2n) is 6.61. The second-order valence-corrected chi connectivity index (χ2v) is 6.61. The Bertz CT molecular complexity index is 1140. The van der Waals surface area contributed by atoms with Gasteiger partial charge in [-0.25, -0.2) is 0 Å². The van der Waals surface area contributed by atoms with Gasteiger partial charge in [0.05, 0.1) is 20.6 Å². The number of hydrogen-bond acceptors (Lipinski definition) is 5. The van der Waals surface area contributed by atoms with E-state index in [4.69, 9.17) is 9.47 Å². The van der Waals surface area contributed by atoms with Gasteiger partial charge < -0.3 is 14.6 Å². The third kappa shape index (κ3) is 4.94. The molecular weight excluding hydrogens is 380 g/mol. The molecule has 0 aliphatic heterocycles. The summed E-state index contributed by atoms with van der Waals surface area (Å²) in [6, 6.07) is 16.4. The summed E-state index contributed by atoms with van der Waals surface area (Å²) in [6.07, 6.45) is 5.77. The van der Waals surface area contributed by atoms with Gasteiger partial charge in [-0.15, -0.1) is 0 Å². The van der Waals surface area contributed by atoms with Crippen LogP contribution in [0.2, 0.25) is 0 Å². The highest BCUT2D eigenvalue weighted by atomic mass is 16.5. The van der Waals surface area contributed by atoms with Crippen LogP contribution >= 0.6 is 0 Å². The predicted molar refractivity (Wildman–Crippen MR) is 118 cm³/mol. The van der Waals surface area contributed by atoms with Crippen molar-refractivity contribution in [1.82, 2.24) is 0 Å². The number of hydrogen-bond donors (Lipinski definition) is 1. The zero-order valence-corrected chi connectivity index (χ0v) is 16.8. The fourth-order valence-corrected chi connectivity index (χ4v) is 3.08. The van der Waals surface area contributed by atoms with E-state index in [0.717, 1.165) is 16.3 Å². The standard InChI is InChI=1S/C25H22O5/c1-29-24-14-9-18-5-3-4-6-21(18)22(24)12-11-20(27)16-19(26)10-7-17-8-13-23(28)25(15-17)30-2/h3-15,28H,16H2,1-2H3. The quantitative estimate of drug-likeness (QED) is 0.432. The lowest BCUT2D eigenvalue weighted by Gasteiger charge is -2.08. The first kappa shape index (κ1) is 20.9. The average molecular weight is 402 g/mol. The van der Waals surface area contributed by atoms with Crippen molar-refractivity contribution >= 4 is 34.5 Å². The van der Waals surface area contributed by atoms with Crippen LogP contribution in [-0.4, -0.2) is 30.9 Å². The van der Waals surface area contributed by atoms with E-state index in [1.165, 1.54) is 25.3 Å². The molecule has 0 amide bonds. The van der Waals surface area contributed by atoms with E-state index < -0.39 is 0 Å². The molecule has 0 bridgehead atoms. The molecule has 152 valence electrons. The normalized spacial score (nSPS) is 11.3. The third-order valence-electron chi connectivity index (χ3n) is 4.60. The first-order valence-electron chi connectivity index (χ1n) is 9.36. The van der Waals surface area contributed by atoms with Gasteiger partial charge in [-0.2, -0.15) is 0 Å². The minimum atomic E-state index is -0.318. The van der Waals surface area contributed by atoms with Crippen LogP contribution in [0.5, 0.6) is 17.2 Å². The third-order valence-corrected chi connectivity index (χ3v) is 4.60. The lowest BCUT2D eigenvalue weighted by molar-refractivity contribution is -0.121. The molecule has 0 atom stereocenters. The minimum Gasteiger partial charge on any atom is -0.504 e. The molecule has 0 fully saturated rings. The van der Waals surface area contributed by atoms with Gasteiger partial charge in [0.1, 0.15) is 5.75 Å². The number of ketones is 2. The van der Waals surface area contributed by atoms with Crippen LogP contribution in [0, 0.1) is 0 Å².